The van der Waals surface area contributed by atoms with Crippen LogP contribution in [0.15, 0.2) is 6.07 Å². The maximum atomic E-state index is 12.5. The summed E-state index contributed by atoms with van der Waals surface area (Å²) in [5, 5.41) is 0. The van der Waals surface area contributed by atoms with Gasteiger partial charge < -0.3 is 0 Å². The molecular formula is C6H2F2INO. The van der Waals surface area contributed by atoms with Gasteiger partial charge in [-0.2, -0.15) is 13.8 Å². The molecule has 0 aromatic carbocycles. The second-order valence-electron chi connectivity index (χ2n) is 1.75. The zero-order valence-electron chi connectivity index (χ0n) is 5.14. The van der Waals surface area contributed by atoms with Crippen LogP contribution < -0.4 is 0 Å². The average molecular weight is 269 g/mol. The number of aldehydes is 1. The number of pyridine rings is 1. The number of halogens is 3. The van der Waals surface area contributed by atoms with Crippen molar-refractivity contribution in [2.24, 2.45) is 0 Å². The summed E-state index contributed by atoms with van der Waals surface area (Å²) in [5.74, 6) is -1.98. The minimum Gasteiger partial charge on any atom is -0.298 e. The number of nitrogens with zero attached hydrogens (tertiary/aromatic N) is 1. The maximum Gasteiger partial charge on any atom is 0.227 e. The van der Waals surface area contributed by atoms with Gasteiger partial charge in [0, 0.05) is 9.64 Å². The summed E-state index contributed by atoms with van der Waals surface area (Å²) in [6.07, 6.45) is 0.309. The monoisotopic (exact) mass is 269 g/mol. The number of carbonyl (C=O) groups is 1. The summed E-state index contributed by atoms with van der Waals surface area (Å²) in [7, 11) is 0. The smallest absolute Gasteiger partial charge is 0.227 e. The molecule has 1 rings (SSSR count). The predicted octanol–water partition coefficient (Wildman–Crippen LogP) is 1.78. The minimum absolute atomic E-state index is 0.202. The standard InChI is InChI=1S/C6H2F2INO/c7-5-1-4(9)3(2-11)6(8)10-5/h1-2H. The Hall–Kier alpha value is -0.590. The van der Waals surface area contributed by atoms with Crippen LogP contribution in [-0.4, -0.2) is 11.3 Å². The van der Waals surface area contributed by atoms with Gasteiger partial charge in [-0.25, -0.2) is 0 Å². The minimum atomic E-state index is -1.07. The molecule has 1 heterocycles. The Kier molecular flexibility index (Phi) is 2.48. The Morgan fingerprint density at radius 1 is 1.55 bits per heavy atom. The number of hydrogen-bond acceptors (Lipinski definition) is 2. The van der Waals surface area contributed by atoms with Crippen LogP contribution in [0.2, 0.25) is 0 Å². The highest BCUT2D eigenvalue weighted by Gasteiger charge is 2.08. The first-order valence-electron chi connectivity index (χ1n) is 2.62. The van der Waals surface area contributed by atoms with E-state index in [0.29, 0.717) is 6.29 Å². The molecule has 0 aliphatic heterocycles. The molecule has 0 fully saturated rings. The third-order valence-electron chi connectivity index (χ3n) is 1.05. The second kappa shape index (κ2) is 3.21. The lowest BCUT2D eigenvalue weighted by Gasteiger charge is -1.96. The Balaban J connectivity index is 3.36. The van der Waals surface area contributed by atoms with E-state index in [2.05, 4.69) is 4.98 Å². The lowest BCUT2D eigenvalue weighted by Crippen LogP contribution is -1.98. The van der Waals surface area contributed by atoms with E-state index in [1.165, 1.54) is 0 Å². The number of rotatable bonds is 1. The molecule has 5 heteroatoms. The quantitative estimate of drug-likeness (QED) is 0.442. The number of aromatic nitrogens is 1. The fraction of sp³-hybridized carbons (Fsp3) is 0. The zero-order valence-corrected chi connectivity index (χ0v) is 7.30. The first-order chi connectivity index (χ1) is 5.15. The molecule has 0 radical (unpaired) electrons. The van der Waals surface area contributed by atoms with Crippen molar-refractivity contribution in [3.05, 3.63) is 27.1 Å². The first-order valence-corrected chi connectivity index (χ1v) is 3.69. The Bertz CT molecular complexity index is 280. The molecule has 1 aromatic rings. The summed E-state index contributed by atoms with van der Waals surface area (Å²) in [6, 6.07) is 0.993. The van der Waals surface area contributed by atoms with Crippen LogP contribution in [-0.2, 0) is 0 Å². The fourth-order valence-corrected chi connectivity index (χ4v) is 1.18. The normalized spacial score (nSPS) is 9.73. The molecule has 2 nitrogen and oxygen atoms in total. The van der Waals surface area contributed by atoms with Crippen molar-refractivity contribution >= 4 is 28.9 Å². The van der Waals surface area contributed by atoms with E-state index in [4.69, 9.17) is 0 Å². The Morgan fingerprint density at radius 3 is 2.64 bits per heavy atom. The highest BCUT2D eigenvalue weighted by Crippen LogP contribution is 2.12. The highest BCUT2D eigenvalue weighted by atomic mass is 127. The molecule has 1 aromatic heterocycles. The molecular weight excluding hydrogens is 267 g/mol. The molecule has 0 bridgehead atoms. The Morgan fingerprint density at radius 2 is 2.18 bits per heavy atom. The average Bonchev–Trinajstić information content (AvgIpc) is 1.85. The molecule has 0 aliphatic carbocycles. The second-order valence-corrected chi connectivity index (χ2v) is 2.91. The van der Waals surface area contributed by atoms with Crippen LogP contribution >= 0.6 is 22.6 Å². The van der Waals surface area contributed by atoms with Crippen molar-refractivity contribution < 1.29 is 13.6 Å². The van der Waals surface area contributed by atoms with Gasteiger partial charge >= 0.3 is 0 Å². The maximum absolute atomic E-state index is 12.5. The predicted molar refractivity (Wildman–Crippen MR) is 42.3 cm³/mol. The van der Waals surface area contributed by atoms with Crippen molar-refractivity contribution in [2.75, 3.05) is 0 Å². The van der Waals surface area contributed by atoms with Crippen LogP contribution in [0.1, 0.15) is 10.4 Å². The van der Waals surface area contributed by atoms with Crippen molar-refractivity contribution in [1.82, 2.24) is 4.98 Å². The fourth-order valence-electron chi connectivity index (χ4n) is 0.572. The van der Waals surface area contributed by atoms with Crippen LogP contribution in [0.3, 0.4) is 0 Å². The molecule has 0 saturated heterocycles. The van der Waals surface area contributed by atoms with Crippen LogP contribution in [0.5, 0.6) is 0 Å². The van der Waals surface area contributed by atoms with Gasteiger partial charge in [0.25, 0.3) is 0 Å². The number of carbonyl (C=O) groups excluding carboxylic acids is 1. The van der Waals surface area contributed by atoms with Gasteiger partial charge in [0.1, 0.15) is 0 Å². The molecule has 0 spiro atoms. The van der Waals surface area contributed by atoms with Crippen molar-refractivity contribution in [2.45, 2.75) is 0 Å². The van der Waals surface area contributed by atoms with Gasteiger partial charge in [0.05, 0.1) is 5.56 Å². The first kappa shape index (κ1) is 8.51. The van der Waals surface area contributed by atoms with E-state index < -0.39 is 11.9 Å². The molecule has 11 heavy (non-hydrogen) atoms. The van der Waals surface area contributed by atoms with Crippen LogP contribution in [0.25, 0.3) is 0 Å². The lowest BCUT2D eigenvalue weighted by atomic mass is 10.3. The van der Waals surface area contributed by atoms with E-state index in [-0.39, 0.29) is 9.13 Å². The van der Waals surface area contributed by atoms with Gasteiger partial charge in [-0.3, -0.25) is 4.79 Å². The third-order valence-corrected chi connectivity index (χ3v) is 1.94. The lowest BCUT2D eigenvalue weighted by molar-refractivity contribution is 0.111. The van der Waals surface area contributed by atoms with Crippen molar-refractivity contribution in [3.8, 4) is 0 Å². The van der Waals surface area contributed by atoms with Gasteiger partial charge in [-0.1, -0.05) is 0 Å². The summed E-state index contributed by atoms with van der Waals surface area (Å²) in [5.41, 5.74) is -0.202. The van der Waals surface area contributed by atoms with Crippen molar-refractivity contribution in [3.63, 3.8) is 0 Å². The van der Waals surface area contributed by atoms with E-state index in [1.54, 1.807) is 22.6 Å². The van der Waals surface area contributed by atoms with E-state index in [0.717, 1.165) is 6.07 Å². The topological polar surface area (TPSA) is 30.0 Å². The molecule has 0 aliphatic rings. The van der Waals surface area contributed by atoms with E-state index in [1.807, 2.05) is 0 Å². The molecule has 58 valence electrons. The zero-order chi connectivity index (χ0) is 8.43. The van der Waals surface area contributed by atoms with Gasteiger partial charge in [0.15, 0.2) is 6.29 Å². The summed E-state index contributed by atoms with van der Waals surface area (Å²) >= 11 is 1.66. The molecule has 0 unspecified atom stereocenters. The van der Waals surface area contributed by atoms with Gasteiger partial charge in [-0.15, -0.1) is 0 Å². The van der Waals surface area contributed by atoms with Crippen molar-refractivity contribution in [1.29, 1.82) is 0 Å². The van der Waals surface area contributed by atoms with Gasteiger partial charge in [0.2, 0.25) is 11.9 Å². The van der Waals surface area contributed by atoms with Gasteiger partial charge in [-0.05, 0) is 22.6 Å². The highest BCUT2D eigenvalue weighted by molar-refractivity contribution is 14.1. The molecule has 0 atom stereocenters. The summed E-state index contributed by atoms with van der Waals surface area (Å²) < 4.78 is 25.0. The van der Waals surface area contributed by atoms with E-state index in [9.17, 15) is 13.6 Å². The SMILES string of the molecule is O=Cc1c(I)cc(F)nc1F. The molecule has 0 amide bonds. The summed E-state index contributed by atoms with van der Waals surface area (Å²) in [6.45, 7) is 0. The molecule has 0 saturated carbocycles. The van der Waals surface area contributed by atoms with Crippen LogP contribution in [0.4, 0.5) is 8.78 Å². The number of hydrogen-bond donors (Lipinski definition) is 0. The largest absolute Gasteiger partial charge is 0.298 e. The van der Waals surface area contributed by atoms with E-state index >= 15 is 0 Å². The third kappa shape index (κ3) is 1.70. The van der Waals surface area contributed by atoms with Crippen LogP contribution in [0, 0.1) is 15.5 Å². The Labute approximate surface area is 74.8 Å². The summed E-state index contributed by atoms with van der Waals surface area (Å²) in [4.78, 5) is 13.0. The molecule has 0 N–H and O–H groups in total.